The number of hydrogen-bond donors (Lipinski definition) is 1. The number of sulfone groups is 1. The first-order valence-corrected chi connectivity index (χ1v) is 11.3. The minimum atomic E-state index is -3.37. The molecule has 4 aromatic rings. The fourth-order valence-electron chi connectivity index (χ4n) is 3.10. The first kappa shape index (κ1) is 19.8. The molecule has 0 aliphatic carbocycles. The van der Waals surface area contributed by atoms with Crippen LogP contribution in [0.4, 0.5) is 5.69 Å². The molecule has 0 saturated heterocycles. The molecule has 1 N–H and O–H groups in total. The molecule has 0 spiro atoms. The largest absolute Gasteiger partial charge is 0.436 e. The molecule has 1 aromatic heterocycles. The van der Waals surface area contributed by atoms with Crippen molar-refractivity contribution in [1.82, 2.24) is 4.98 Å². The van der Waals surface area contributed by atoms with Gasteiger partial charge in [0.05, 0.1) is 11.5 Å². The zero-order valence-corrected chi connectivity index (χ0v) is 16.9. The van der Waals surface area contributed by atoms with Crippen molar-refractivity contribution < 1.29 is 17.6 Å². The summed E-state index contributed by atoms with van der Waals surface area (Å²) in [6.45, 7) is 0. The second-order valence-corrected chi connectivity index (χ2v) is 9.13. The third-order valence-corrected chi connectivity index (χ3v) is 6.16. The predicted octanol–water partition coefficient (Wildman–Crippen LogP) is 4.44. The molecule has 6 nitrogen and oxygen atoms in total. The number of fused-ring (bicyclic) bond motifs is 1. The van der Waals surface area contributed by atoms with Gasteiger partial charge in [0, 0.05) is 17.7 Å². The van der Waals surface area contributed by atoms with Crippen molar-refractivity contribution in [1.29, 1.82) is 0 Å². The number of carbonyl (C=O) groups excluding carboxylic acids is 1. The highest BCUT2D eigenvalue weighted by Gasteiger charge is 2.15. The average molecular weight is 420 g/mol. The summed E-state index contributed by atoms with van der Waals surface area (Å²) in [5.41, 5.74) is 3.43. The molecule has 0 saturated carbocycles. The first-order valence-electron chi connectivity index (χ1n) is 9.49. The number of rotatable bonds is 7. The Labute approximate surface area is 174 Å². The van der Waals surface area contributed by atoms with E-state index in [1.54, 1.807) is 42.5 Å². The number of aromatic nitrogens is 1. The van der Waals surface area contributed by atoms with Gasteiger partial charge in [-0.1, -0.05) is 48.5 Å². The molecule has 152 valence electrons. The maximum atomic E-state index is 12.3. The average Bonchev–Trinajstić information content (AvgIpc) is 3.17. The van der Waals surface area contributed by atoms with E-state index in [1.165, 1.54) is 0 Å². The van der Waals surface area contributed by atoms with Gasteiger partial charge in [-0.3, -0.25) is 4.79 Å². The van der Waals surface area contributed by atoms with Crippen LogP contribution in [-0.4, -0.2) is 25.1 Å². The van der Waals surface area contributed by atoms with E-state index in [0.29, 0.717) is 22.7 Å². The molecule has 7 heteroatoms. The Morgan fingerprint density at radius 3 is 2.50 bits per heavy atom. The molecule has 1 heterocycles. The Morgan fingerprint density at radius 2 is 1.70 bits per heavy atom. The third-order valence-electron chi connectivity index (χ3n) is 4.56. The molecule has 4 rings (SSSR count). The fourth-order valence-corrected chi connectivity index (χ4v) is 4.44. The van der Waals surface area contributed by atoms with Crippen molar-refractivity contribution in [3.63, 3.8) is 0 Å². The Morgan fingerprint density at radius 1 is 0.933 bits per heavy atom. The van der Waals surface area contributed by atoms with Gasteiger partial charge in [-0.25, -0.2) is 13.4 Å². The number of hydrogen-bond acceptors (Lipinski definition) is 5. The van der Waals surface area contributed by atoms with Crippen molar-refractivity contribution in [2.75, 3.05) is 11.1 Å². The van der Waals surface area contributed by atoms with Gasteiger partial charge < -0.3 is 9.73 Å². The molecule has 0 aliphatic heterocycles. The molecule has 0 fully saturated rings. The van der Waals surface area contributed by atoms with E-state index in [0.717, 1.165) is 11.1 Å². The zero-order valence-electron chi connectivity index (χ0n) is 16.1. The van der Waals surface area contributed by atoms with E-state index in [4.69, 9.17) is 4.42 Å². The lowest BCUT2D eigenvalue weighted by molar-refractivity contribution is -0.115. The van der Waals surface area contributed by atoms with Gasteiger partial charge in [0.15, 0.2) is 15.4 Å². The summed E-state index contributed by atoms with van der Waals surface area (Å²) in [5, 5.41) is 2.75. The number of benzene rings is 3. The van der Waals surface area contributed by atoms with Crippen LogP contribution in [0, 0.1) is 0 Å². The minimum Gasteiger partial charge on any atom is -0.436 e. The second kappa shape index (κ2) is 8.51. The number of para-hydroxylation sites is 2. The van der Waals surface area contributed by atoms with Gasteiger partial charge in [-0.15, -0.1) is 0 Å². The van der Waals surface area contributed by atoms with Crippen molar-refractivity contribution >= 4 is 32.5 Å². The number of oxazole rings is 1. The summed E-state index contributed by atoms with van der Waals surface area (Å²) in [6, 6.07) is 23.5. The molecule has 0 unspecified atom stereocenters. The highest BCUT2D eigenvalue weighted by molar-refractivity contribution is 7.90. The van der Waals surface area contributed by atoms with Gasteiger partial charge in [-0.2, -0.15) is 0 Å². The van der Waals surface area contributed by atoms with Crippen LogP contribution in [0.2, 0.25) is 0 Å². The van der Waals surface area contributed by atoms with Crippen LogP contribution in [0.3, 0.4) is 0 Å². The zero-order chi connectivity index (χ0) is 21.0. The fraction of sp³-hybridized carbons (Fsp3) is 0.130. The Balaban J connectivity index is 1.39. The predicted molar refractivity (Wildman–Crippen MR) is 117 cm³/mol. The summed E-state index contributed by atoms with van der Waals surface area (Å²) in [4.78, 5) is 16.7. The summed E-state index contributed by atoms with van der Waals surface area (Å²) < 4.78 is 30.3. The number of anilines is 1. The lowest BCUT2D eigenvalue weighted by atomic mass is 10.2. The molecule has 3 aromatic carbocycles. The van der Waals surface area contributed by atoms with Gasteiger partial charge in [0.2, 0.25) is 11.8 Å². The molecule has 0 atom stereocenters. The van der Waals surface area contributed by atoms with Crippen LogP contribution in [0.5, 0.6) is 0 Å². The first-order chi connectivity index (χ1) is 14.5. The second-order valence-electron chi connectivity index (χ2n) is 6.94. The monoisotopic (exact) mass is 420 g/mol. The lowest BCUT2D eigenvalue weighted by Gasteiger charge is -2.07. The van der Waals surface area contributed by atoms with E-state index in [-0.39, 0.29) is 23.8 Å². The summed E-state index contributed by atoms with van der Waals surface area (Å²) in [7, 11) is -3.37. The smallest absolute Gasteiger partial charge is 0.227 e. The standard InChI is InChI=1S/C23H20N2O4S/c26-22(13-14-30(27,28)16-17-7-2-1-3-8-17)24-19-10-6-9-18(15-19)23-25-20-11-4-5-12-21(20)29-23/h1-12,15H,13-14,16H2,(H,24,26). The number of amides is 1. The minimum absolute atomic E-state index is 0.0751. The van der Waals surface area contributed by atoms with Crippen molar-refractivity contribution in [2.24, 2.45) is 0 Å². The molecule has 0 radical (unpaired) electrons. The van der Waals surface area contributed by atoms with Crippen molar-refractivity contribution in [3.05, 3.63) is 84.4 Å². The van der Waals surface area contributed by atoms with Gasteiger partial charge in [0.25, 0.3) is 0 Å². The Kier molecular flexibility index (Phi) is 5.63. The maximum Gasteiger partial charge on any atom is 0.227 e. The van der Waals surface area contributed by atoms with Crippen LogP contribution in [0.25, 0.3) is 22.6 Å². The van der Waals surface area contributed by atoms with Gasteiger partial charge in [0.1, 0.15) is 5.52 Å². The van der Waals surface area contributed by atoms with E-state index < -0.39 is 9.84 Å². The lowest BCUT2D eigenvalue weighted by Crippen LogP contribution is -2.18. The third kappa shape index (κ3) is 4.93. The number of nitrogens with zero attached hydrogens (tertiary/aromatic N) is 1. The Hall–Kier alpha value is -3.45. The number of nitrogens with one attached hydrogen (secondary N) is 1. The highest BCUT2D eigenvalue weighted by atomic mass is 32.2. The molecule has 1 amide bonds. The van der Waals surface area contributed by atoms with Crippen LogP contribution < -0.4 is 5.32 Å². The summed E-state index contributed by atoms with van der Waals surface area (Å²) >= 11 is 0. The highest BCUT2D eigenvalue weighted by Crippen LogP contribution is 2.26. The normalized spacial score (nSPS) is 11.5. The molecular weight excluding hydrogens is 400 g/mol. The van der Waals surface area contributed by atoms with E-state index in [2.05, 4.69) is 10.3 Å². The maximum absolute atomic E-state index is 12.3. The SMILES string of the molecule is O=C(CCS(=O)(=O)Cc1ccccc1)Nc1cccc(-c2nc3ccccc3o2)c1. The van der Waals surface area contributed by atoms with E-state index in [1.807, 2.05) is 36.4 Å². The van der Waals surface area contributed by atoms with Gasteiger partial charge in [-0.05, 0) is 35.9 Å². The summed E-state index contributed by atoms with van der Waals surface area (Å²) in [6.07, 6.45) is -0.109. The van der Waals surface area contributed by atoms with E-state index in [9.17, 15) is 13.2 Å². The van der Waals surface area contributed by atoms with Crippen molar-refractivity contribution in [2.45, 2.75) is 12.2 Å². The molecule has 30 heavy (non-hydrogen) atoms. The molecular formula is C23H20N2O4S. The van der Waals surface area contributed by atoms with Crippen molar-refractivity contribution in [3.8, 4) is 11.5 Å². The van der Waals surface area contributed by atoms with Crippen LogP contribution in [0.15, 0.2) is 83.3 Å². The Bertz CT molecular complexity index is 1250. The topological polar surface area (TPSA) is 89.3 Å². The van der Waals surface area contributed by atoms with Crippen LogP contribution in [-0.2, 0) is 20.4 Å². The van der Waals surface area contributed by atoms with Crippen LogP contribution >= 0.6 is 0 Å². The van der Waals surface area contributed by atoms with Gasteiger partial charge >= 0.3 is 0 Å². The quantitative estimate of drug-likeness (QED) is 0.477. The summed E-state index contributed by atoms with van der Waals surface area (Å²) in [5.74, 6) is -0.188. The number of carbonyl (C=O) groups is 1. The van der Waals surface area contributed by atoms with Crippen LogP contribution in [0.1, 0.15) is 12.0 Å². The van der Waals surface area contributed by atoms with E-state index >= 15 is 0 Å². The molecule has 0 aliphatic rings. The molecule has 0 bridgehead atoms.